The number of nitrogens with two attached hydrogens (primary N) is 1. The molecule has 2 aromatic rings. The molecular weight excluding hydrogens is 248 g/mol. The van der Waals surface area contributed by atoms with Gasteiger partial charge in [0.2, 0.25) is 0 Å². The fraction of sp³-hybridized carbons (Fsp3) is 0.200. The Balaban J connectivity index is 2.05. The second kappa shape index (κ2) is 5.80. The van der Waals surface area contributed by atoms with Crippen LogP contribution in [-0.2, 0) is 6.61 Å². The van der Waals surface area contributed by atoms with E-state index >= 15 is 0 Å². The highest BCUT2D eigenvalue weighted by molar-refractivity contribution is 5.30. The van der Waals surface area contributed by atoms with Crippen molar-refractivity contribution in [3.63, 3.8) is 0 Å². The molecule has 0 spiro atoms. The summed E-state index contributed by atoms with van der Waals surface area (Å²) in [6.45, 7) is 2.06. The van der Waals surface area contributed by atoms with Crippen LogP contribution in [-0.4, -0.2) is 0 Å². The molecule has 0 aromatic heterocycles. The Morgan fingerprint density at radius 1 is 1.11 bits per heavy atom. The van der Waals surface area contributed by atoms with Crippen molar-refractivity contribution in [2.75, 3.05) is 0 Å². The van der Waals surface area contributed by atoms with E-state index in [1.54, 1.807) is 6.07 Å². The molecule has 0 aliphatic heterocycles. The Morgan fingerprint density at radius 3 is 2.58 bits per heavy atom. The number of ether oxygens (including phenoxy) is 1. The minimum absolute atomic E-state index is 0.0770. The zero-order valence-corrected chi connectivity index (χ0v) is 10.6. The Labute approximate surface area is 110 Å². The maximum atomic E-state index is 13.0. The van der Waals surface area contributed by atoms with E-state index in [2.05, 4.69) is 0 Å². The highest BCUT2D eigenvalue weighted by Gasteiger charge is 2.04. The maximum Gasteiger partial charge on any atom is 0.159 e. The maximum absolute atomic E-state index is 13.0. The first-order chi connectivity index (χ1) is 9.06. The quantitative estimate of drug-likeness (QED) is 0.915. The van der Waals surface area contributed by atoms with Gasteiger partial charge in [0.05, 0.1) is 0 Å². The van der Waals surface area contributed by atoms with Crippen molar-refractivity contribution < 1.29 is 13.5 Å². The summed E-state index contributed by atoms with van der Waals surface area (Å²) < 4.78 is 31.3. The summed E-state index contributed by atoms with van der Waals surface area (Å²) in [4.78, 5) is 0. The lowest BCUT2D eigenvalue weighted by Gasteiger charge is -2.10. The SMILES string of the molecule is CC(N)c1cccc(OCc2ccc(F)c(F)c2)c1. The molecular formula is C15H15F2NO. The van der Waals surface area contributed by atoms with E-state index < -0.39 is 11.6 Å². The molecule has 0 saturated heterocycles. The second-order valence-corrected chi connectivity index (χ2v) is 4.40. The molecule has 2 rings (SSSR count). The van der Waals surface area contributed by atoms with Crippen molar-refractivity contribution in [1.82, 2.24) is 0 Å². The van der Waals surface area contributed by atoms with Crippen molar-refractivity contribution >= 4 is 0 Å². The number of hydrogen-bond donors (Lipinski definition) is 1. The molecule has 0 aliphatic carbocycles. The molecule has 0 radical (unpaired) electrons. The lowest BCUT2D eigenvalue weighted by molar-refractivity contribution is 0.304. The predicted molar refractivity (Wildman–Crippen MR) is 69.7 cm³/mol. The van der Waals surface area contributed by atoms with Crippen LogP contribution >= 0.6 is 0 Å². The highest BCUT2D eigenvalue weighted by Crippen LogP contribution is 2.19. The molecule has 2 nitrogen and oxygen atoms in total. The summed E-state index contributed by atoms with van der Waals surface area (Å²) in [6.07, 6.45) is 0. The van der Waals surface area contributed by atoms with E-state index in [1.165, 1.54) is 6.07 Å². The van der Waals surface area contributed by atoms with Crippen molar-refractivity contribution in [3.8, 4) is 5.75 Å². The minimum atomic E-state index is -0.870. The Kier molecular flexibility index (Phi) is 4.12. The zero-order chi connectivity index (χ0) is 13.8. The van der Waals surface area contributed by atoms with Crippen LogP contribution in [0.1, 0.15) is 24.1 Å². The normalized spacial score (nSPS) is 12.2. The van der Waals surface area contributed by atoms with E-state index in [9.17, 15) is 8.78 Å². The average Bonchev–Trinajstić information content (AvgIpc) is 2.40. The van der Waals surface area contributed by atoms with Gasteiger partial charge in [0, 0.05) is 6.04 Å². The third-order valence-corrected chi connectivity index (χ3v) is 2.77. The lowest BCUT2D eigenvalue weighted by atomic mass is 10.1. The van der Waals surface area contributed by atoms with Crippen LogP contribution in [0.4, 0.5) is 8.78 Å². The second-order valence-electron chi connectivity index (χ2n) is 4.40. The van der Waals surface area contributed by atoms with Crippen LogP contribution in [0, 0.1) is 11.6 Å². The molecule has 0 saturated carbocycles. The Hall–Kier alpha value is -1.94. The van der Waals surface area contributed by atoms with Crippen molar-refractivity contribution in [2.24, 2.45) is 5.73 Å². The van der Waals surface area contributed by atoms with Crippen LogP contribution in [0.2, 0.25) is 0 Å². The van der Waals surface area contributed by atoms with Gasteiger partial charge in [0.15, 0.2) is 11.6 Å². The van der Waals surface area contributed by atoms with E-state index in [4.69, 9.17) is 10.5 Å². The fourth-order valence-electron chi connectivity index (χ4n) is 1.68. The van der Waals surface area contributed by atoms with Crippen LogP contribution in [0.25, 0.3) is 0 Å². The van der Waals surface area contributed by atoms with Crippen LogP contribution in [0.15, 0.2) is 42.5 Å². The van der Waals surface area contributed by atoms with Gasteiger partial charge < -0.3 is 10.5 Å². The first-order valence-electron chi connectivity index (χ1n) is 5.98. The molecule has 4 heteroatoms. The van der Waals surface area contributed by atoms with Gasteiger partial charge in [-0.15, -0.1) is 0 Å². The first kappa shape index (κ1) is 13.5. The number of hydrogen-bond acceptors (Lipinski definition) is 2. The van der Waals surface area contributed by atoms with Crippen LogP contribution < -0.4 is 10.5 Å². The number of benzene rings is 2. The number of halogens is 2. The molecule has 0 bridgehead atoms. The van der Waals surface area contributed by atoms with Gasteiger partial charge in [0.25, 0.3) is 0 Å². The molecule has 100 valence electrons. The third kappa shape index (κ3) is 3.51. The predicted octanol–water partition coefficient (Wildman–Crippen LogP) is 3.56. The van der Waals surface area contributed by atoms with E-state index in [1.807, 2.05) is 25.1 Å². The molecule has 2 aromatic carbocycles. The van der Waals surface area contributed by atoms with Gasteiger partial charge >= 0.3 is 0 Å². The summed E-state index contributed by atoms with van der Waals surface area (Å²) in [5.74, 6) is -1.08. The van der Waals surface area contributed by atoms with Crippen LogP contribution in [0.5, 0.6) is 5.75 Å². The lowest BCUT2D eigenvalue weighted by Crippen LogP contribution is -2.05. The highest BCUT2D eigenvalue weighted by atomic mass is 19.2. The van der Waals surface area contributed by atoms with Gasteiger partial charge in [-0.25, -0.2) is 8.78 Å². The molecule has 0 aliphatic rings. The summed E-state index contributed by atoms with van der Waals surface area (Å²) in [5.41, 5.74) is 7.31. The van der Waals surface area contributed by atoms with Crippen LogP contribution in [0.3, 0.4) is 0 Å². The van der Waals surface area contributed by atoms with Gasteiger partial charge in [-0.05, 0) is 42.3 Å². The monoisotopic (exact) mass is 263 g/mol. The van der Waals surface area contributed by atoms with E-state index in [0.29, 0.717) is 11.3 Å². The summed E-state index contributed by atoms with van der Waals surface area (Å²) in [6, 6.07) is 11.0. The van der Waals surface area contributed by atoms with Crippen molar-refractivity contribution in [2.45, 2.75) is 19.6 Å². The zero-order valence-electron chi connectivity index (χ0n) is 10.6. The third-order valence-electron chi connectivity index (χ3n) is 2.77. The van der Waals surface area contributed by atoms with Gasteiger partial charge in [-0.2, -0.15) is 0 Å². The fourth-order valence-corrected chi connectivity index (χ4v) is 1.68. The van der Waals surface area contributed by atoms with Crippen molar-refractivity contribution in [1.29, 1.82) is 0 Å². The Bertz CT molecular complexity index is 570. The smallest absolute Gasteiger partial charge is 0.159 e. The molecule has 1 atom stereocenters. The largest absolute Gasteiger partial charge is 0.489 e. The molecule has 19 heavy (non-hydrogen) atoms. The molecule has 0 fully saturated rings. The van der Waals surface area contributed by atoms with Gasteiger partial charge in [0.1, 0.15) is 12.4 Å². The molecule has 0 heterocycles. The van der Waals surface area contributed by atoms with Crippen molar-refractivity contribution in [3.05, 3.63) is 65.2 Å². The molecule has 0 amide bonds. The summed E-state index contributed by atoms with van der Waals surface area (Å²) in [7, 11) is 0. The molecule has 1 unspecified atom stereocenters. The first-order valence-corrected chi connectivity index (χ1v) is 5.98. The van der Waals surface area contributed by atoms with Gasteiger partial charge in [-0.1, -0.05) is 18.2 Å². The standard InChI is InChI=1S/C15H15F2NO/c1-10(18)12-3-2-4-13(8-12)19-9-11-5-6-14(16)15(17)7-11/h2-8,10H,9,18H2,1H3. The topological polar surface area (TPSA) is 35.2 Å². The van der Waals surface area contributed by atoms with E-state index in [-0.39, 0.29) is 12.6 Å². The summed E-state index contributed by atoms with van der Waals surface area (Å²) in [5, 5.41) is 0. The van der Waals surface area contributed by atoms with E-state index in [0.717, 1.165) is 17.7 Å². The van der Waals surface area contributed by atoms with Gasteiger partial charge in [-0.3, -0.25) is 0 Å². The number of rotatable bonds is 4. The minimum Gasteiger partial charge on any atom is -0.489 e. The molecule has 2 N–H and O–H groups in total. The Morgan fingerprint density at radius 2 is 1.89 bits per heavy atom. The average molecular weight is 263 g/mol. The summed E-state index contributed by atoms with van der Waals surface area (Å²) >= 11 is 0.